The second kappa shape index (κ2) is 10.0. The molecule has 0 unspecified atom stereocenters. The molecule has 0 radical (unpaired) electrons. The molecule has 0 fully saturated rings. The Labute approximate surface area is 181 Å². The van der Waals surface area contributed by atoms with Crippen molar-refractivity contribution in [1.82, 2.24) is 14.4 Å². The molecule has 0 bridgehead atoms. The Morgan fingerprint density at radius 3 is 2.10 bits per heavy atom. The molecule has 0 aliphatic carbocycles. The van der Waals surface area contributed by atoms with E-state index in [1.165, 1.54) is 4.90 Å². The average molecular weight is 438 g/mol. The summed E-state index contributed by atoms with van der Waals surface area (Å²) in [4.78, 5) is 29.2. The summed E-state index contributed by atoms with van der Waals surface area (Å²) in [6.07, 6.45) is -2.56. The number of hydrogen-bond donors (Lipinski definition) is 0. The molecular weight excluding hydrogens is 407 g/mol. The van der Waals surface area contributed by atoms with Gasteiger partial charge in [0.1, 0.15) is 6.54 Å². The maximum atomic E-state index is 13.1. The fourth-order valence-corrected chi connectivity index (χ4v) is 3.25. The van der Waals surface area contributed by atoms with Gasteiger partial charge in [-0.1, -0.05) is 13.8 Å². The predicted octanol–water partition coefficient (Wildman–Crippen LogP) is 4.58. The zero-order chi connectivity index (χ0) is 23.3. The van der Waals surface area contributed by atoms with Crippen molar-refractivity contribution in [3.63, 3.8) is 0 Å². The maximum Gasteiger partial charge on any atom is 0.416 e. The summed E-state index contributed by atoms with van der Waals surface area (Å²) in [6, 6.07) is 7.62. The van der Waals surface area contributed by atoms with Crippen LogP contribution in [0.25, 0.3) is 0 Å². The minimum atomic E-state index is -4.47. The largest absolute Gasteiger partial charge is 0.416 e. The zero-order valence-electron chi connectivity index (χ0n) is 18.6. The fourth-order valence-electron chi connectivity index (χ4n) is 3.25. The number of nitrogens with zero attached hydrogens (tertiary/aromatic N) is 3. The number of alkyl halides is 3. The molecule has 2 aromatic rings. The number of carbonyl (C=O) groups is 2. The van der Waals surface area contributed by atoms with Gasteiger partial charge >= 0.3 is 6.18 Å². The second-order valence-corrected chi connectivity index (χ2v) is 8.38. The lowest BCUT2D eigenvalue weighted by atomic mass is 10.1. The highest BCUT2D eigenvalue weighted by Gasteiger charge is 2.31. The Balaban J connectivity index is 2.20. The van der Waals surface area contributed by atoms with Crippen LogP contribution in [-0.2, 0) is 24.6 Å². The summed E-state index contributed by atoms with van der Waals surface area (Å²) >= 11 is 0. The second-order valence-electron chi connectivity index (χ2n) is 8.38. The molecule has 0 aliphatic heterocycles. The zero-order valence-corrected chi connectivity index (χ0v) is 18.6. The van der Waals surface area contributed by atoms with Gasteiger partial charge in [-0.05, 0) is 56.2 Å². The highest BCUT2D eigenvalue weighted by molar-refractivity contribution is 5.96. The monoisotopic (exact) mass is 437 g/mol. The summed E-state index contributed by atoms with van der Waals surface area (Å²) in [5.41, 5.74) is 0.272. The molecule has 170 valence electrons. The maximum absolute atomic E-state index is 13.1. The molecule has 0 saturated heterocycles. The quantitative estimate of drug-likeness (QED) is 0.607. The van der Waals surface area contributed by atoms with E-state index >= 15 is 0 Å². The summed E-state index contributed by atoms with van der Waals surface area (Å²) in [5.74, 6) is -0.438. The van der Waals surface area contributed by atoms with Crippen molar-refractivity contribution in [1.29, 1.82) is 0 Å². The topological polar surface area (TPSA) is 45.6 Å². The normalized spacial score (nSPS) is 11.8. The molecule has 8 heteroatoms. The number of carbonyl (C=O) groups excluding carboxylic acids is 2. The first-order chi connectivity index (χ1) is 14.4. The van der Waals surface area contributed by atoms with Gasteiger partial charge in [0.25, 0.3) is 5.91 Å². The molecule has 1 aromatic carbocycles. The van der Waals surface area contributed by atoms with Gasteiger partial charge in [0.2, 0.25) is 5.91 Å². The Kier molecular flexibility index (Phi) is 7.92. The van der Waals surface area contributed by atoms with Crippen molar-refractivity contribution in [2.24, 2.45) is 13.0 Å². The highest BCUT2D eigenvalue weighted by Crippen LogP contribution is 2.29. The van der Waals surface area contributed by atoms with Crippen molar-refractivity contribution < 1.29 is 22.8 Å². The number of aromatic nitrogens is 1. The molecule has 31 heavy (non-hydrogen) atoms. The van der Waals surface area contributed by atoms with E-state index in [9.17, 15) is 22.8 Å². The number of halogens is 3. The van der Waals surface area contributed by atoms with Crippen LogP contribution in [0.15, 0.2) is 42.6 Å². The summed E-state index contributed by atoms with van der Waals surface area (Å²) in [6.45, 7) is 8.39. The van der Waals surface area contributed by atoms with E-state index in [0.29, 0.717) is 13.1 Å². The smallest absolute Gasteiger partial charge is 0.353 e. The Bertz CT molecular complexity index is 886. The first-order valence-electron chi connectivity index (χ1n) is 10.3. The van der Waals surface area contributed by atoms with Crippen molar-refractivity contribution >= 4 is 11.8 Å². The fraction of sp³-hybridized carbons (Fsp3) is 0.478. The Morgan fingerprint density at radius 1 is 1.03 bits per heavy atom. The van der Waals surface area contributed by atoms with Crippen molar-refractivity contribution in [3.8, 4) is 0 Å². The van der Waals surface area contributed by atoms with E-state index in [1.807, 2.05) is 43.8 Å². The van der Waals surface area contributed by atoms with Crippen LogP contribution in [0.3, 0.4) is 0 Å². The number of rotatable bonds is 8. The van der Waals surface area contributed by atoms with Gasteiger partial charge in [-0.3, -0.25) is 9.59 Å². The van der Waals surface area contributed by atoms with Crippen LogP contribution in [0.4, 0.5) is 13.2 Å². The molecule has 2 amide bonds. The number of aryl methyl sites for hydroxylation is 1. The molecule has 1 heterocycles. The third-order valence-corrected chi connectivity index (χ3v) is 4.99. The lowest BCUT2D eigenvalue weighted by Gasteiger charge is -2.31. The van der Waals surface area contributed by atoms with E-state index in [2.05, 4.69) is 0 Å². The third kappa shape index (κ3) is 6.60. The van der Waals surface area contributed by atoms with Gasteiger partial charge in [-0.25, -0.2) is 0 Å². The Morgan fingerprint density at radius 2 is 1.65 bits per heavy atom. The van der Waals surface area contributed by atoms with E-state index in [4.69, 9.17) is 0 Å². The van der Waals surface area contributed by atoms with E-state index in [-0.39, 0.29) is 30.0 Å². The highest BCUT2D eigenvalue weighted by atomic mass is 19.4. The van der Waals surface area contributed by atoms with E-state index < -0.39 is 17.6 Å². The molecule has 0 atom stereocenters. The van der Waals surface area contributed by atoms with Crippen molar-refractivity contribution in [2.45, 2.75) is 46.5 Å². The molecule has 5 nitrogen and oxygen atoms in total. The molecule has 0 N–H and O–H groups in total. The minimum Gasteiger partial charge on any atom is -0.353 e. The van der Waals surface area contributed by atoms with Gasteiger partial charge in [0.05, 0.1) is 12.1 Å². The van der Waals surface area contributed by atoms with Crippen LogP contribution in [0.1, 0.15) is 49.3 Å². The van der Waals surface area contributed by atoms with Crippen LogP contribution >= 0.6 is 0 Å². The minimum absolute atomic E-state index is 0.118. The molecule has 0 spiro atoms. The Hall–Kier alpha value is -2.77. The summed E-state index contributed by atoms with van der Waals surface area (Å²) in [5, 5.41) is 0. The standard InChI is InChI=1S/C23H30F3N3O2/c1-16(2)13-28(14-20-7-6-12-27(20)5)21(30)15-29(17(3)4)22(31)18-8-10-19(11-9-18)23(24,25)26/h6-12,16-17H,13-15H2,1-5H3. The lowest BCUT2D eigenvalue weighted by molar-refractivity contribution is -0.137. The van der Waals surface area contributed by atoms with Gasteiger partial charge < -0.3 is 14.4 Å². The van der Waals surface area contributed by atoms with Gasteiger partial charge in [-0.2, -0.15) is 13.2 Å². The number of benzene rings is 1. The van der Waals surface area contributed by atoms with Crippen LogP contribution in [-0.4, -0.2) is 45.3 Å². The van der Waals surface area contributed by atoms with E-state index in [1.54, 1.807) is 18.7 Å². The van der Waals surface area contributed by atoms with Gasteiger partial charge in [0.15, 0.2) is 0 Å². The average Bonchev–Trinajstić information content (AvgIpc) is 3.08. The van der Waals surface area contributed by atoms with Crippen molar-refractivity contribution in [3.05, 3.63) is 59.4 Å². The molecule has 1 aromatic heterocycles. The molecule has 2 rings (SSSR count). The first kappa shape index (κ1) is 24.5. The van der Waals surface area contributed by atoms with Crippen LogP contribution in [0.5, 0.6) is 0 Å². The molecule has 0 saturated carbocycles. The van der Waals surface area contributed by atoms with Crippen LogP contribution in [0.2, 0.25) is 0 Å². The number of amides is 2. The molecule has 0 aliphatic rings. The predicted molar refractivity (Wildman–Crippen MR) is 113 cm³/mol. The van der Waals surface area contributed by atoms with Crippen molar-refractivity contribution in [2.75, 3.05) is 13.1 Å². The SMILES string of the molecule is CC(C)CN(Cc1cccn1C)C(=O)CN(C(=O)c1ccc(C(F)(F)F)cc1)C(C)C. The third-order valence-electron chi connectivity index (χ3n) is 4.99. The van der Waals surface area contributed by atoms with Crippen LogP contribution < -0.4 is 0 Å². The van der Waals surface area contributed by atoms with Gasteiger partial charge in [0, 0.05) is 37.1 Å². The van der Waals surface area contributed by atoms with Crippen LogP contribution in [0, 0.1) is 5.92 Å². The summed E-state index contributed by atoms with van der Waals surface area (Å²) < 4.78 is 40.4. The lowest BCUT2D eigenvalue weighted by Crippen LogP contribution is -2.46. The van der Waals surface area contributed by atoms with Gasteiger partial charge in [-0.15, -0.1) is 0 Å². The summed E-state index contributed by atoms with van der Waals surface area (Å²) in [7, 11) is 1.90. The number of hydrogen-bond acceptors (Lipinski definition) is 2. The molecular formula is C23H30F3N3O2. The first-order valence-corrected chi connectivity index (χ1v) is 10.3. The van der Waals surface area contributed by atoms with E-state index in [0.717, 1.165) is 30.0 Å².